The van der Waals surface area contributed by atoms with Gasteiger partial charge in [0.25, 0.3) is 0 Å². The van der Waals surface area contributed by atoms with E-state index in [1.54, 1.807) is 11.3 Å². The first-order valence-corrected chi connectivity index (χ1v) is 8.57. The number of ketones is 1. The molecule has 0 spiro atoms. The van der Waals surface area contributed by atoms with E-state index < -0.39 is 0 Å². The Morgan fingerprint density at radius 2 is 1.81 bits per heavy atom. The molecule has 0 atom stereocenters. The van der Waals surface area contributed by atoms with Gasteiger partial charge in [-0.05, 0) is 55.4 Å². The summed E-state index contributed by atoms with van der Waals surface area (Å²) in [7, 11) is 0. The van der Waals surface area contributed by atoms with E-state index in [-0.39, 0.29) is 5.78 Å². The number of carbonyl (C=O) groups is 1. The second-order valence-corrected chi connectivity index (χ2v) is 7.93. The van der Waals surface area contributed by atoms with Crippen molar-refractivity contribution in [1.82, 2.24) is 0 Å². The van der Waals surface area contributed by atoms with Crippen LogP contribution in [0.4, 0.5) is 0 Å². The molecule has 0 saturated heterocycles. The number of halogens is 3. The summed E-state index contributed by atoms with van der Waals surface area (Å²) >= 11 is 12.9. The average molecular weight is 447 g/mol. The van der Waals surface area contributed by atoms with Gasteiger partial charge in [-0.3, -0.25) is 4.79 Å². The molecule has 0 bridgehead atoms. The molecule has 0 fully saturated rings. The highest BCUT2D eigenvalue weighted by Crippen LogP contribution is 2.26. The number of thiophene rings is 2. The van der Waals surface area contributed by atoms with Gasteiger partial charge in [0.2, 0.25) is 0 Å². The topological polar surface area (TPSA) is 17.1 Å². The van der Waals surface area contributed by atoms with Gasteiger partial charge in [-0.25, -0.2) is 0 Å². The van der Waals surface area contributed by atoms with E-state index in [9.17, 15) is 4.79 Å². The van der Waals surface area contributed by atoms with Crippen LogP contribution in [0.2, 0.25) is 0 Å². The molecule has 0 aliphatic rings. The van der Waals surface area contributed by atoms with Gasteiger partial charge in [0.05, 0.1) is 17.8 Å². The Hall–Kier alpha value is 0.510. The van der Waals surface area contributed by atoms with E-state index in [1.807, 2.05) is 29.6 Å². The minimum atomic E-state index is 0.157. The number of rotatable bonds is 2. The quantitative estimate of drug-likeness (QED) is 0.433. The van der Waals surface area contributed by atoms with Crippen molar-refractivity contribution in [1.29, 1.82) is 0 Å². The lowest BCUT2D eigenvalue weighted by molar-refractivity contribution is 0.102. The molecule has 2 rings (SSSR count). The first-order chi connectivity index (χ1) is 7.63. The van der Waals surface area contributed by atoms with Crippen molar-refractivity contribution in [2.75, 3.05) is 5.33 Å². The van der Waals surface area contributed by atoms with Gasteiger partial charge in [-0.1, -0.05) is 22.0 Å². The summed E-state index contributed by atoms with van der Waals surface area (Å²) in [4.78, 5) is 11.7. The zero-order valence-electron chi connectivity index (χ0n) is 7.95. The Bertz CT molecular complexity index is 420. The Kier molecular flexibility index (Phi) is 7.07. The number of Topliss-reactive ketones (excluding diaryl/α,β-unsaturated/α-hetero) is 1. The van der Waals surface area contributed by atoms with E-state index in [0.717, 1.165) is 4.88 Å². The van der Waals surface area contributed by atoms with Crippen LogP contribution in [0.5, 0.6) is 0 Å². The first kappa shape index (κ1) is 14.6. The third-order valence-electron chi connectivity index (χ3n) is 1.46. The van der Waals surface area contributed by atoms with Crippen molar-refractivity contribution >= 4 is 76.2 Å². The number of hydrogen-bond acceptors (Lipinski definition) is 3. The van der Waals surface area contributed by atoms with Crippen molar-refractivity contribution in [2.45, 2.75) is 0 Å². The minimum absolute atomic E-state index is 0.157. The molecule has 2 aromatic heterocycles. The molecular weight excluding hydrogens is 440 g/mol. The summed E-state index contributed by atoms with van der Waals surface area (Å²) in [5, 5.41) is 2.32. The molecule has 0 amide bonds. The summed E-state index contributed by atoms with van der Waals surface area (Å²) in [6.07, 6.45) is 0. The van der Waals surface area contributed by atoms with Crippen molar-refractivity contribution in [2.24, 2.45) is 0 Å². The monoisotopic (exact) mass is 444 g/mol. The van der Waals surface area contributed by atoms with Crippen LogP contribution in [0.1, 0.15) is 9.67 Å². The van der Waals surface area contributed by atoms with Gasteiger partial charge in [-0.15, -0.1) is 22.7 Å². The highest BCUT2D eigenvalue weighted by molar-refractivity contribution is 9.12. The normalized spacial score (nSPS) is 9.44. The molecule has 0 unspecified atom stereocenters. The van der Waals surface area contributed by atoms with Crippen LogP contribution in [-0.4, -0.2) is 11.1 Å². The Labute approximate surface area is 127 Å². The first-order valence-electron chi connectivity index (χ1n) is 4.17. The molecule has 0 saturated carbocycles. The van der Waals surface area contributed by atoms with Crippen molar-refractivity contribution in [3.05, 3.63) is 42.1 Å². The molecule has 16 heavy (non-hydrogen) atoms. The fraction of sp³-hybridized carbons (Fsp3) is 0.100. The molecule has 0 radical (unpaired) electrons. The van der Waals surface area contributed by atoms with Gasteiger partial charge in [-0.2, -0.15) is 0 Å². The van der Waals surface area contributed by atoms with Crippen LogP contribution in [0.3, 0.4) is 0 Å². The van der Waals surface area contributed by atoms with Gasteiger partial charge in [0, 0.05) is 0 Å². The Morgan fingerprint density at radius 3 is 2.12 bits per heavy atom. The maximum atomic E-state index is 10.8. The number of alkyl halides is 1. The van der Waals surface area contributed by atoms with Gasteiger partial charge in [0.1, 0.15) is 0 Å². The molecular formula is C10H7Br3OS2. The minimum Gasteiger partial charge on any atom is -0.292 e. The molecule has 2 heterocycles. The van der Waals surface area contributed by atoms with Gasteiger partial charge in [0.15, 0.2) is 5.78 Å². The third kappa shape index (κ3) is 5.23. The molecule has 0 aliphatic heterocycles. The average Bonchev–Trinajstić information content (AvgIpc) is 2.89. The largest absolute Gasteiger partial charge is 0.292 e. The van der Waals surface area contributed by atoms with Crippen molar-refractivity contribution in [3.8, 4) is 0 Å². The summed E-state index contributed by atoms with van der Waals surface area (Å²) in [6, 6.07) is 7.72. The summed E-state index contributed by atoms with van der Waals surface area (Å²) in [5.41, 5.74) is 0. The van der Waals surface area contributed by atoms with Crippen LogP contribution in [0, 0.1) is 0 Å². The highest BCUT2D eigenvalue weighted by atomic mass is 79.9. The van der Waals surface area contributed by atoms with Gasteiger partial charge < -0.3 is 0 Å². The standard InChI is InChI=1S/C6H5BrOS.C4H2Br2S/c7-4-5(8)6-2-1-3-9-6;5-3-1-2-4(6)7-3/h1-3H,4H2;1-2H. The highest BCUT2D eigenvalue weighted by Gasteiger charge is 2.01. The van der Waals surface area contributed by atoms with Crippen LogP contribution >= 0.6 is 70.5 Å². The fourth-order valence-corrected chi connectivity index (χ4v) is 4.37. The molecule has 86 valence electrons. The van der Waals surface area contributed by atoms with Crippen molar-refractivity contribution in [3.63, 3.8) is 0 Å². The van der Waals surface area contributed by atoms with E-state index in [4.69, 9.17) is 0 Å². The summed E-state index contributed by atoms with van der Waals surface area (Å²) in [6.45, 7) is 0. The number of hydrogen-bond donors (Lipinski definition) is 0. The molecule has 0 aliphatic carbocycles. The molecule has 0 aromatic carbocycles. The smallest absolute Gasteiger partial charge is 0.183 e. The van der Waals surface area contributed by atoms with Gasteiger partial charge >= 0.3 is 0 Å². The Morgan fingerprint density at radius 1 is 1.19 bits per heavy atom. The lowest BCUT2D eigenvalue weighted by Gasteiger charge is -1.85. The summed E-state index contributed by atoms with van der Waals surface area (Å²) in [5.74, 6) is 0.157. The zero-order valence-corrected chi connectivity index (χ0v) is 14.3. The molecule has 0 N–H and O–H groups in total. The maximum absolute atomic E-state index is 10.8. The second kappa shape index (κ2) is 7.76. The fourth-order valence-electron chi connectivity index (χ4n) is 0.795. The lowest BCUT2D eigenvalue weighted by atomic mass is 10.4. The van der Waals surface area contributed by atoms with E-state index >= 15 is 0 Å². The van der Waals surface area contributed by atoms with Crippen LogP contribution in [-0.2, 0) is 0 Å². The van der Waals surface area contributed by atoms with Crippen LogP contribution in [0.25, 0.3) is 0 Å². The Balaban J connectivity index is 0.000000165. The van der Waals surface area contributed by atoms with E-state index in [0.29, 0.717) is 5.33 Å². The lowest BCUT2D eigenvalue weighted by Crippen LogP contribution is -1.94. The van der Waals surface area contributed by atoms with Crippen molar-refractivity contribution < 1.29 is 4.79 Å². The maximum Gasteiger partial charge on any atom is 0.183 e. The predicted octanol–water partition coefficient (Wildman–Crippen LogP) is 5.60. The van der Waals surface area contributed by atoms with Crippen LogP contribution in [0.15, 0.2) is 37.2 Å². The summed E-state index contributed by atoms with van der Waals surface area (Å²) < 4.78 is 2.33. The SMILES string of the molecule is Brc1ccc(Br)s1.O=C(CBr)c1cccs1. The third-order valence-corrected chi connectivity index (χ3v) is 5.04. The zero-order chi connectivity index (χ0) is 12.0. The number of carbonyl (C=O) groups excluding carboxylic acids is 1. The molecule has 2 aromatic rings. The second-order valence-electron chi connectivity index (χ2n) is 2.58. The van der Waals surface area contributed by atoms with Crippen LogP contribution < -0.4 is 0 Å². The molecule has 6 heteroatoms. The van der Waals surface area contributed by atoms with E-state index in [1.165, 1.54) is 18.9 Å². The predicted molar refractivity (Wildman–Crippen MR) is 82.2 cm³/mol. The van der Waals surface area contributed by atoms with E-state index in [2.05, 4.69) is 47.8 Å². The molecule has 1 nitrogen and oxygen atoms in total.